The van der Waals surface area contributed by atoms with E-state index in [4.69, 9.17) is 5.73 Å². The summed E-state index contributed by atoms with van der Waals surface area (Å²) in [4.78, 5) is 21.9. The molecule has 5 nitrogen and oxygen atoms in total. The van der Waals surface area contributed by atoms with Gasteiger partial charge in [0.15, 0.2) is 5.78 Å². The van der Waals surface area contributed by atoms with E-state index in [0.717, 1.165) is 11.1 Å². The number of ketones is 1. The molecule has 0 radical (unpaired) electrons. The third-order valence-electron chi connectivity index (χ3n) is 3.00. The summed E-state index contributed by atoms with van der Waals surface area (Å²) in [6.07, 6.45) is 1.81. The highest BCUT2D eigenvalue weighted by Crippen LogP contribution is 2.29. The van der Waals surface area contributed by atoms with Gasteiger partial charge in [0.2, 0.25) is 0 Å². The first-order valence-electron chi connectivity index (χ1n) is 5.22. The largest absolute Gasteiger partial charge is 0.318 e. The van der Waals surface area contributed by atoms with E-state index in [1.54, 1.807) is 12.1 Å². The molecule has 0 bridgehead atoms. The molecular formula is C12H12N2O3. The Labute approximate surface area is 98.1 Å². The van der Waals surface area contributed by atoms with Gasteiger partial charge < -0.3 is 5.73 Å². The molecule has 0 spiro atoms. The maximum absolute atomic E-state index is 11.8. The fourth-order valence-electron chi connectivity index (χ4n) is 1.93. The van der Waals surface area contributed by atoms with Crippen LogP contribution in [0.5, 0.6) is 0 Å². The predicted octanol–water partition coefficient (Wildman–Crippen LogP) is 1.53. The number of hydrogen-bond donors (Lipinski definition) is 1. The van der Waals surface area contributed by atoms with Crippen molar-refractivity contribution in [2.45, 2.75) is 18.9 Å². The highest BCUT2D eigenvalue weighted by molar-refractivity contribution is 5.97. The van der Waals surface area contributed by atoms with Crippen LogP contribution in [0.1, 0.15) is 18.4 Å². The smallest absolute Gasteiger partial charge is 0.269 e. The zero-order valence-electron chi connectivity index (χ0n) is 9.29. The number of allylic oxidation sites excluding steroid dienone is 1. The van der Waals surface area contributed by atoms with Crippen LogP contribution in [0.4, 0.5) is 5.69 Å². The zero-order chi connectivity index (χ0) is 12.6. The number of benzene rings is 1. The molecule has 17 heavy (non-hydrogen) atoms. The van der Waals surface area contributed by atoms with Gasteiger partial charge in [0.05, 0.1) is 16.9 Å². The van der Waals surface area contributed by atoms with Crippen LogP contribution in [0.2, 0.25) is 0 Å². The minimum absolute atomic E-state index is 0.0178. The second-order valence-corrected chi connectivity index (χ2v) is 4.12. The highest BCUT2D eigenvalue weighted by atomic mass is 16.6. The monoisotopic (exact) mass is 232 g/mol. The average Bonchev–Trinajstić information content (AvgIpc) is 2.57. The third-order valence-corrected chi connectivity index (χ3v) is 3.00. The summed E-state index contributed by atoms with van der Waals surface area (Å²) in [6.45, 7) is 1.81. The van der Waals surface area contributed by atoms with Gasteiger partial charge >= 0.3 is 0 Å². The topological polar surface area (TPSA) is 86.2 Å². The Hall–Kier alpha value is -2.01. The van der Waals surface area contributed by atoms with Crippen LogP contribution >= 0.6 is 0 Å². The van der Waals surface area contributed by atoms with Crippen LogP contribution in [0.15, 0.2) is 35.9 Å². The lowest BCUT2D eigenvalue weighted by atomic mass is 9.96. The van der Waals surface area contributed by atoms with E-state index >= 15 is 0 Å². The number of nitrogens with two attached hydrogens (primary N) is 1. The summed E-state index contributed by atoms with van der Waals surface area (Å²) in [5, 5.41) is 10.5. The number of Topliss-reactive ketones (excluding diaryl/α,β-unsaturated/α-hetero) is 1. The van der Waals surface area contributed by atoms with Crippen molar-refractivity contribution in [2.24, 2.45) is 5.73 Å². The SMILES string of the molecule is CC1=CC(c2ccc([N+](=O)[O-])cc2)C(=O)C1N. The van der Waals surface area contributed by atoms with Gasteiger partial charge in [-0.25, -0.2) is 0 Å². The van der Waals surface area contributed by atoms with Crippen LogP contribution in [0, 0.1) is 10.1 Å². The van der Waals surface area contributed by atoms with Gasteiger partial charge in [-0.1, -0.05) is 23.8 Å². The van der Waals surface area contributed by atoms with Crippen molar-refractivity contribution in [3.05, 3.63) is 51.6 Å². The molecule has 1 aromatic carbocycles. The number of nitro groups is 1. The summed E-state index contributed by atoms with van der Waals surface area (Å²) in [5.41, 5.74) is 7.31. The fourth-order valence-corrected chi connectivity index (χ4v) is 1.93. The summed E-state index contributed by atoms with van der Waals surface area (Å²) < 4.78 is 0. The van der Waals surface area contributed by atoms with Crippen molar-refractivity contribution < 1.29 is 9.72 Å². The van der Waals surface area contributed by atoms with E-state index in [9.17, 15) is 14.9 Å². The Balaban J connectivity index is 2.30. The van der Waals surface area contributed by atoms with E-state index in [2.05, 4.69) is 0 Å². The molecule has 5 heteroatoms. The molecule has 1 aliphatic rings. The molecule has 0 heterocycles. The van der Waals surface area contributed by atoms with Crippen molar-refractivity contribution in [1.29, 1.82) is 0 Å². The van der Waals surface area contributed by atoms with E-state index in [0.29, 0.717) is 0 Å². The van der Waals surface area contributed by atoms with Gasteiger partial charge in [-0.2, -0.15) is 0 Å². The number of hydrogen-bond acceptors (Lipinski definition) is 4. The molecular weight excluding hydrogens is 220 g/mol. The van der Waals surface area contributed by atoms with Crippen LogP contribution in [-0.4, -0.2) is 16.7 Å². The molecule has 2 N–H and O–H groups in total. The van der Waals surface area contributed by atoms with Gasteiger partial charge in [0, 0.05) is 12.1 Å². The second-order valence-electron chi connectivity index (χ2n) is 4.12. The van der Waals surface area contributed by atoms with E-state index in [1.165, 1.54) is 12.1 Å². The maximum Gasteiger partial charge on any atom is 0.269 e. The lowest BCUT2D eigenvalue weighted by Crippen LogP contribution is -2.29. The third kappa shape index (κ3) is 1.97. The number of carbonyl (C=O) groups excluding carboxylic acids is 1. The van der Waals surface area contributed by atoms with E-state index in [1.807, 2.05) is 13.0 Å². The number of non-ortho nitro benzene ring substituents is 1. The maximum atomic E-state index is 11.8. The van der Waals surface area contributed by atoms with Crippen molar-refractivity contribution in [3.63, 3.8) is 0 Å². The number of nitrogens with zero attached hydrogens (tertiary/aromatic N) is 1. The van der Waals surface area contributed by atoms with Crippen molar-refractivity contribution in [2.75, 3.05) is 0 Å². The van der Waals surface area contributed by atoms with Crippen molar-refractivity contribution in [3.8, 4) is 0 Å². The van der Waals surface area contributed by atoms with E-state index < -0.39 is 11.0 Å². The molecule has 0 saturated carbocycles. The Morgan fingerprint density at radius 2 is 1.88 bits per heavy atom. The van der Waals surface area contributed by atoms with Crippen LogP contribution < -0.4 is 5.73 Å². The van der Waals surface area contributed by atoms with Gasteiger partial charge in [-0.15, -0.1) is 0 Å². The molecule has 1 aliphatic carbocycles. The first kappa shape index (κ1) is 11.5. The molecule has 2 atom stereocenters. The predicted molar refractivity (Wildman–Crippen MR) is 62.6 cm³/mol. The number of nitro benzene ring substituents is 1. The van der Waals surface area contributed by atoms with Crippen LogP contribution in [0.25, 0.3) is 0 Å². The van der Waals surface area contributed by atoms with Crippen molar-refractivity contribution in [1.82, 2.24) is 0 Å². The Bertz CT molecular complexity index is 505. The fraction of sp³-hybridized carbons (Fsp3) is 0.250. The summed E-state index contributed by atoms with van der Waals surface area (Å²) in [7, 11) is 0. The molecule has 1 aromatic rings. The Kier molecular flexibility index (Phi) is 2.77. The van der Waals surface area contributed by atoms with Gasteiger partial charge in [-0.05, 0) is 12.5 Å². The molecule has 2 unspecified atom stereocenters. The molecule has 0 aromatic heterocycles. The van der Waals surface area contributed by atoms with Crippen molar-refractivity contribution >= 4 is 11.5 Å². The highest BCUT2D eigenvalue weighted by Gasteiger charge is 2.31. The lowest BCUT2D eigenvalue weighted by molar-refractivity contribution is -0.384. The zero-order valence-corrected chi connectivity index (χ0v) is 9.29. The molecule has 0 fully saturated rings. The van der Waals surface area contributed by atoms with Crippen LogP contribution in [0.3, 0.4) is 0 Å². The average molecular weight is 232 g/mol. The summed E-state index contributed by atoms with van der Waals surface area (Å²) >= 11 is 0. The Morgan fingerprint density at radius 1 is 1.29 bits per heavy atom. The first-order chi connectivity index (χ1) is 8.00. The van der Waals surface area contributed by atoms with Gasteiger partial charge in [-0.3, -0.25) is 14.9 Å². The van der Waals surface area contributed by atoms with Crippen LogP contribution in [-0.2, 0) is 4.79 Å². The summed E-state index contributed by atoms with van der Waals surface area (Å²) in [5.74, 6) is -0.429. The molecule has 0 saturated heterocycles. The lowest BCUT2D eigenvalue weighted by Gasteiger charge is -2.08. The molecule has 88 valence electrons. The van der Waals surface area contributed by atoms with E-state index in [-0.39, 0.29) is 17.4 Å². The molecule has 0 aliphatic heterocycles. The number of carbonyl (C=O) groups is 1. The Morgan fingerprint density at radius 3 is 2.29 bits per heavy atom. The standard InChI is InChI=1S/C12H12N2O3/c1-7-6-10(12(15)11(7)13)8-2-4-9(5-3-8)14(16)17/h2-6,10-11H,13H2,1H3. The van der Waals surface area contributed by atoms with Gasteiger partial charge in [0.25, 0.3) is 5.69 Å². The normalized spacial score (nSPS) is 23.6. The minimum atomic E-state index is -0.546. The molecule has 0 amide bonds. The quantitative estimate of drug-likeness (QED) is 0.476. The number of rotatable bonds is 2. The summed E-state index contributed by atoms with van der Waals surface area (Å²) in [6, 6.07) is 5.45. The first-order valence-corrected chi connectivity index (χ1v) is 5.22. The molecule has 2 rings (SSSR count). The van der Waals surface area contributed by atoms with Gasteiger partial charge in [0.1, 0.15) is 0 Å². The second kappa shape index (κ2) is 4.10. The minimum Gasteiger partial charge on any atom is -0.318 e.